The lowest BCUT2D eigenvalue weighted by Crippen LogP contribution is -2.17. The van der Waals surface area contributed by atoms with E-state index in [1.807, 2.05) is 13.1 Å². The summed E-state index contributed by atoms with van der Waals surface area (Å²) in [6.07, 6.45) is 7.09. The minimum absolute atomic E-state index is 0.365. The van der Waals surface area contributed by atoms with Crippen molar-refractivity contribution in [2.45, 2.75) is 31.7 Å². The number of nitrogens with one attached hydrogen (secondary N) is 1. The lowest BCUT2D eigenvalue weighted by molar-refractivity contribution is 0.380. The van der Waals surface area contributed by atoms with Gasteiger partial charge in [-0.05, 0) is 31.9 Å². The van der Waals surface area contributed by atoms with E-state index >= 15 is 0 Å². The maximum atomic E-state index is 5.30. The first kappa shape index (κ1) is 11.4. The number of hydrogen-bond acceptors (Lipinski definition) is 3. The molecule has 0 saturated heterocycles. The molecule has 16 heavy (non-hydrogen) atoms. The molecule has 1 aromatic rings. The van der Waals surface area contributed by atoms with Gasteiger partial charge in [0.05, 0.1) is 7.11 Å². The van der Waals surface area contributed by atoms with Crippen molar-refractivity contribution in [1.29, 1.82) is 0 Å². The average molecular weight is 220 g/mol. The van der Waals surface area contributed by atoms with Crippen LogP contribution in [0.25, 0.3) is 0 Å². The first-order valence-electron chi connectivity index (χ1n) is 6.01. The number of rotatable bonds is 6. The largest absolute Gasteiger partial charge is 0.481 e. The van der Waals surface area contributed by atoms with E-state index in [9.17, 15) is 0 Å². The molecule has 1 heterocycles. The Labute approximate surface area is 97.2 Å². The Morgan fingerprint density at radius 3 is 3.00 bits per heavy atom. The highest BCUT2D eigenvalue weighted by atomic mass is 16.5. The molecule has 1 saturated carbocycles. The van der Waals surface area contributed by atoms with Gasteiger partial charge in [-0.3, -0.25) is 0 Å². The quantitative estimate of drug-likeness (QED) is 0.800. The molecule has 0 bridgehead atoms. The van der Waals surface area contributed by atoms with E-state index in [0.29, 0.717) is 6.04 Å². The summed E-state index contributed by atoms with van der Waals surface area (Å²) >= 11 is 0. The molecule has 2 rings (SSSR count). The van der Waals surface area contributed by atoms with E-state index < -0.39 is 0 Å². The third-order valence-corrected chi connectivity index (χ3v) is 3.28. The molecule has 1 aliphatic rings. The van der Waals surface area contributed by atoms with Gasteiger partial charge in [-0.15, -0.1) is 0 Å². The first-order chi connectivity index (χ1) is 7.85. The summed E-state index contributed by atoms with van der Waals surface area (Å²) in [5, 5.41) is 3.36. The van der Waals surface area contributed by atoms with Crippen LogP contribution in [0.1, 0.15) is 37.3 Å². The van der Waals surface area contributed by atoms with Crippen molar-refractivity contribution in [1.82, 2.24) is 10.3 Å². The normalized spacial score (nSPS) is 17.1. The SMILES string of the molecule is CNC(CCC1CC1)c1cccnc1OC. The first-order valence-corrected chi connectivity index (χ1v) is 6.01. The van der Waals surface area contributed by atoms with Crippen LogP contribution < -0.4 is 10.1 Å². The van der Waals surface area contributed by atoms with Crippen LogP contribution in [0.5, 0.6) is 5.88 Å². The van der Waals surface area contributed by atoms with Gasteiger partial charge >= 0.3 is 0 Å². The highest BCUT2D eigenvalue weighted by Gasteiger charge is 2.23. The Morgan fingerprint density at radius 1 is 1.56 bits per heavy atom. The molecule has 3 nitrogen and oxygen atoms in total. The zero-order valence-corrected chi connectivity index (χ0v) is 10.1. The number of pyridine rings is 1. The molecule has 1 N–H and O–H groups in total. The van der Waals surface area contributed by atoms with Gasteiger partial charge in [0.25, 0.3) is 0 Å². The summed E-state index contributed by atoms with van der Waals surface area (Å²) in [5.74, 6) is 1.72. The predicted molar refractivity (Wildman–Crippen MR) is 64.5 cm³/mol. The zero-order chi connectivity index (χ0) is 11.4. The van der Waals surface area contributed by atoms with Crippen LogP contribution in [0.15, 0.2) is 18.3 Å². The van der Waals surface area contributed by atoms with Crippen LogP contribution in [0, 0.1) is 5.92 Å². The molecule has 1 unspecified atom stereocenters. The smallest absolute Gasteiger partial charge is 0.217 e. The van der Waals surface area contributed by atoms with Crippen LogP contribution >= 0.6 is 0 Å². The molecule has 3 heteroatoms. The van der Waals surface area contributed by atoms with Crippen molar-refractivity contribution in [2.24, 2.45) is 5.92 Å². The Kier molecular flexibility index (Phi) is 3.78. The van der Waals surface area contributed by atoms with Gasteiger partial charge < -0.3 is 10.1 Å². The molecule has 0 aliphatic heterocycles. The highest BCUT2D eigenvalue weighted by Crippen LogP contribution is 2.36. The van der Waals surface area contributed by atoms with Crippen LogP contribution in [0.4, 0.5) is 0 Å². The van der Waals surface area contributed by atoms with Crippen molar-refractivity contribution in [3.63, 3.8) is 0 Å². The molecule has 1 aliphatic carbocycles. The van der Waals surface area contributed by atoms with Gasteiger partial charge in [0.2, 0.25) is 5.88 Å². The Balaban J connectivity index is 2.04. The minimum atomic E-state index is 0.365. The fourth-order valence-corrected chi connectivity index (χ4v) is 2.10. The van der Waals surface area contributed by atoms with Gasteiger partial charge in [-0.25, -0.2) is 4.98 Å². The molecule has 0 aromatic carbocycles. The maximum absolute atomic E-state index is 5.30. The van der Waals surface area contributed by atoms with E-state index in [4.69, 9.17) is 4.74 Å². The summed E-state index contributed by atoms with van der Waals surface area (Å²) in [6, 6.07) is 4.43. The van der Waals surface area contributed by atoms with Crippen LogP contribution in [0.2, 0.25) is 0 Å². The number of nitrogens with zero attached hydrogens (tertiary/aromatic N) is 1. The van der Waals surface area contributed by atoms with Crippen LogP contribution in [-0.2, 0) is 0 Å². The summed E-state index contributed by atoms with van der Waals surface area (Å²) in [5.41, 5.74) is 1.17. The molecule has 1 fully saturated rings. The predicted octanol–water partition coefficient (Wildman–Crippen LogP) is 2.54. The molecule has 1 aromatic heterocycles. The van der Waals surface area contributed by atoms with E-state index in [2.05, 4.69) is 16.4 Å². The Hall–Kier alpha value is -1.09. The third-order valence-electron chi connectivity index (χ3n) is 3.28. The number of hydrogen-bond donors (Lipinski definition) is 1. The lowest BCUT2D eigenvalue weighted by Gasteiger charge is -2.18. The Morgan fingerprint density at radius 2 is 2.38 bits per heavy atom. The summed E-state index contributed by atoms with van der Waals surface area (Å²) in [4.78, 5) is 4.25. The van der Waals surface area contributed by atoms with Crippen molar-refractivity contribution in [3.05, 3.63) is 23.9 Å². The molecular formula is C13H20N2O. The summed E-state index contributed by atoms with van der Waals surface area (Å²) < 4.78 is 5.30. The van der Waals surface area contributed by atoms with Gasteiger partial charge in [0.1, 0.15) is 0 Å². The highest BCUT2D eigenvalue weighted by molar-refractivity contribution is 5.28. The van der Waals surface area contributed by atoms with Crippen molar-refractivity contribution in [2.75, 3.05) is 14.2 Å². The van der Waals surface area contributed by atoms with E-state index in [0.717, 1.165) is 11.8 Å². The topological polar surface area (TPSA) is 34.2 Å². The molecule has 0 amide bonds. The number of ether oxygens (including phenoxy) is 1. The maximum Gasteiger partial charge on any atom is 0.217 e. The van der Waals surface area contributed by atoms with E-state index in [1.165, 1.54) is 31.2 Å². The van der Waals surface area contributed by atoms with Gasteiger partial charge in [-0.2, -0.15) is 0 Å². The van der Waals surface area contributed by atoms with Crippen molar-refractivity contribution < 1.29 is 4.74 Å². The van der Waals surface area contributed by atoms with E-state index in [1.54, 1.807) is 13.3 Å². The van der Waals surface area contributed by atoms with Crippen LogP contribution in [-0.4, -0.2) is 19.1 Å². The second-order valence-electron chi connectivity index (χ2n) is 4.46. The zero-order valence-electron chi connectivity index (χ0n) is 10.1. The van der Waals surface area contributed by atoms with Gasteiger partial charge in [0.15, 0.2) is 0 Å². The molecular weight excluding hydrogens is 200 g/mol. The van der Waals surface area contributed by atoms with Crippen molar-refractivity contribution >= 4 is 0 Å². The second-order valence-corrected chi connectivity index (χ2v) is 4.46. The summed E-state index contributed by atoms with van der Waals surface area (Å²) in [6.45, 7) is 0. The van der Waals surface area contributed by atoms with Gasteiger partial charge in [0, 0.05) is 17.8 Å². The Bertz CT molecular complexity index is 336. The summed E-state index contributed by atoms with van der Waals surface area (Å²) in [7, 11) is 3.68. The third kappa shape index (κ3) is 2.73. The van der Waals surface area contributed by atoms with Crippen LogP contribution in [0.3, 0.4) is 0 Å². The fraction of sp³-hybridized carbons (Fsp3) is 0.615. The second kappa shape index (κ2) is 5.30. The monoisotopic (exact) mass is 220 g/mol. The average Bonchev–Trinajstić information content (AvgIpc) is 3.14. The minimum Gasteiger partial charge on any atom is -0.481 e. The molecule has 88 valence electrons. The van der Waals surface area contributed by atoms with E-state index in [-0.39, 0.29) is 0 Å². The molecule has 0 radical (unpaired) electrons. The number of methoxy groups -OCH3 is 1. The molecule has 1 atom stereocenters. The standard InChI is InChI=1S/C13H20N2O/c1-14-12(8-7-10-5-6-10)11-4-3-9-15-13(11)16-2/h3-4,9-10,12,14H,5-8H2,1-2H3. The van der Waals surface area contributed by atoms with Gasteiger partial charge in [-0.1, -0.05) is 18.9 Å². The van der Waals surface area contributed by atoms with Crippen molar-refractivity contribution in [3.8, 4) is 5.88 Å². The number of aromatic nitrogens is 1. The molecule has 0 spiro atoms. The fourth-order valence-electron chi connectivity index (χ4n) is 2.10. The lowest BCUT2D eigenvalue weighted by atomic mass is 10.0.